The van der Waals surface area contributed by atoms with Gasteiger partial charge in [0.2, 0.25) is 5.43 Å². The van der Waals surface area contributed by atoms with E-state index in [0.717, 1.165) is 5.69 Å². The molecule has 2 N–H and O–H groups in total. The Morgan fingerprint density at radius 3 is 2.06 bits per heavy atom. The van der Waals surface area contributed by atoms with Crippen molar-refractivity contribution in [3.05, 3.63) is 70.9 Å². The molecule has 2 rings (SSSR count). The predicted molar refractivity (Wildman–Crippen MR) is 66.4 cm³/mol. The van der Waals surface area contributed by atoms with Crippen LogP contribution < -0.4 is 16.3 Å². The SMILES string of the molecule is O=c1cccccc1NNc1ccccc1. The molecular formula is C13H12N2O. The fourth-order valence-corrected chi connectivity index (χ4v) is 1.30. The van der Waals surface area contributed by atoms with E-state index in [1.807, 2.05) is 42.5 Å². The van der Waals surface area contributed by atoms with Crippen LogP contribution in [0.4, 0.5) is 11.4 Å². The summed E-state index contributed by atoms with van der Waals surface area (Å²) in [5, 5.41) is 0. The average Bonchev–Trinajstić information content (AvgIpc) is 2.53. The second-order valence-corrected chi connectivity index (χ2v) is 3.30. The van der Waals surface area contributed by atoms with Crippen LogP contribution in [0.3, 0.4) is 0 Å². The lowest BCUT2D eigenvalue weighted by Gasteiger charge is -2.07. The standard InChI is InChI=1S/C13H12N2O/c16-13-10-6-2-5-9-12(13)15-14-11-7-3-1-4-8-11/h1-10,14H,(H,15,16). The monoisotopic (exact) mass is 212 g/mol. The molecule has 80 valence electrons. The number of rotatable bonds is 3. The Morgan fingerprint density at radius 1 is 0.688 bits per heavy atom. The summed E-state index contributed by atoms with van der Waals surface area (Å²) in [6.45, 7) is 0. The number of para-hydroxylation sites is 1. The van der Waals surface area contributed by atoms with Crippen LogP contribution in [0, 0.1) is 0 Å². The van der Waals surface area contributed by atoms with Crippen molar-refractivity contribution >= 4 is 11.4 Å². The summed E-state index contributed by atoms with van der Waals surface area (Å²) < 4.78 is 0. The van der Waals surface area contributed by atoms with Gasteiger partial charge in [0.1, 0.15) is 5.69 Å². The Kier molecular flexibility index (Phi) is 3.18. The molecule has 0 aliphatic carbocycles. The lowest BCUT2D eigenvalue weighted by Crippen LogP contribution is -2.14. The molecule has 16 heavy (non-hydrogen) atoms. The van der Waals surface area contributed by atoms with E-state index in [1.54, 1.807) is 12.1 Å². The Morgan fingerprint density at radius 2 is 1.31 bits per heavy atom. The van der Waals surface area contributed by atoms with E-state index < -0.39 is 0 Å². The fraction of sp³-hybridized carbons (Fsp3) is 0. The van der Waals surface area contributed by atoms with Gasteiger partial charge in [0.15, 0.2) is 0 Å². The van der Waals surface area contributed by atoms with Crippen LogP contribution in [0.1, 0.15) is 0 Å². The third kappa shape index (κ3) is 2.60. The predicted octanol–water partition coefficient (Wildman–Crippen LogP) is 2.49. The highest BCUT2D eigenvalue weighted by Crippen LogP contribution is 2.05. The van der Waals surface area contributed by atoms with Crippen molar-refractivity contribution < 1.29 is 0 Å². The third-order valence-corrected chi connectivity index (χ3v) is 2.11. The first-order valence-electron chi connectivity index (χ1n) is 5.03. The van der Waals surface area contributed by atoms with Gasteiger partial charge in [0, 0.05) is 0 Å². The van der Waals surface area contributed by atoms with E-state index in [-0.39, 0.29) is 5.43 Å². The summed E-state index contributed by atoms with van der Waals surface area (Å²) in [5.41, 5.74) is 7.24. The van der Waals surface area contributed by atoms with Crippen molar-refractivity contribution in [2.75, 3.05) is 10.9 Å². The van der Waals surface area contributed by atoms with Gasteiger partial charge in [-0.05, 0) is 24.3 Å². The molecule has 0 fully saturated rings. The van der Waals surface area contributed by atoms with Crippen LogP contribution in [0.2, 0.25) is 0 Å². The lowest BCUT2D eigenvalue weighted by molar-refractivity contribution is 1.40. The molecule has 0 aliphatic rings. The molecule has 3 nitrogen and oxygen atoms in total. The number of hydrogen-bond donors (Lipinski definition) is 2. The third-order valence-electron chi connectivity index (χ3n) is 2.11. The number of hydrogen-bond acceptors (Lipinski definition) is 3. The fourth-order valence-electron chi connectivity index (χ4n) is 1.30. The summed E-state index contributed by atoms with van der Waals surface area (Å²) in [6, 6.07) is 18.2. The van der Waals surface area contributed by atoms with Crippen LogP contribution in [-0.2, 0) is 0 Å². The van der Waals surface area contributed by atoms with Gasteiger partial charge >= 0.3 is 0 Å². The zero-order chi connectivity index (χ0) is 11.2. The minimum Gasteiger partial charge on any atom is -0.301 e. The summed E-state index contributed by atoms with van der Waals surface area (Å²) in [5.74, 6) is 0. The van der Waals surface area contributed by atoms with Crippen molar-refractivity contribution in [1.29, 1.82) is 0 Å². The van der Waals surface area contributed by atoms with Gasteiger partial charge in [-0.15, -0.1) is 0 Å². The van der Waals surface area contributed by atoms with E-state index >= 15 is 0 Å². The maximum absolute atomic E-state index is 11.5. The molecule has 0 unspecified atom stereocenters. The molecule has 0 spiro atoms. The van der Waals surface area contributed by atoms with Crippen LogP contribution in [0.15, 0.2) is 65.5 Å². The van der Waals surface area contributed by atoms with E-state index in [4.69, 9.17) is 0 Å². The Hall–Kier alpha value is -2.29. The summed E-state index contributed by atoms with van der Waals surface area (Å²) >= 11 is 0. The molecule has 0 heterocycles. The molecule has 0 aromatic heterocycles. The number of hydrazine groups is 1. The van der Waals surface area contributed by atoms with Crippen molar-refractivity contribution in [1.82, 2.24) is 0 Å². The minimum absolute atomic E-state index is 0.0477. The summed E-state index contributed by atoms with van der Waals surface area (Å²) in [4.78, 5) is 11.5. The van der Waals surface area contributed by atoms with E-state index in [0.29, 0.717) is 5.69 Å². The van der Waals surface area contributed by atoms with E-state index in [1.165, 1.54) is 6.07 Å². The van der Waals surface area contributed by atoms with Crippen molar-refractivity contribution in [3.8, 4) is 0 Å². The van der Waals surface area contributed by atoms with Gasteiger partial charge in [-0.3, -0.25) is 10.2 Å². The molecule has 2 aromatic carbocycles. The zero-order valence-electron chi connectivity index (χ0n) is 8.68. The van der Waals surface area contributed by atoms with Crippen LogP contribution >= 0.6 is 0 Å². The molecule has 0 atom stereocenters. The molecule has 0 radical (unpaired) electrons. The van der Waals surface area contributed by atoms with Crippen LogP contribution in [-0.4, -0.2) is 0 Å². The topological polar surface area (TPSA) is 41.1 Å². The van der Waals surface area contributed by atoms with Crippen LogP contribution in [0.5, 0.6) is 0 Å². The highest BCUT2D eigenvalue weighted by molar-refractivity contribution is 5.51. The molecule has 0 bridgehead atoms. The molecule has 0 saturated carbocycles. The second kappa shape index (κ2) is 4.98. The zero-order valence-corrected chi connectivity index (χ0v) is 8.68. The molecule has 2 aromatic rings. The Labute approximate surface area is 93.7 Å². The quantitative estimate of drug-likeness (QED) is 0.768. The maximum atomic E-state index is 11.5. The summed E-state index contributed by atoms with van der Waals surface area (Å²) in [6.07, 6.45) is 0. The van der Waals surface area contributed by atoms with Crippen molar-refractivity contribution in [2.45, 2.75) is 0 Å². The Balaban J connectivity index is 2.12. The molecule has 0 amide bonds. The molecule has 0 saturated heterocycles. The van der Waals surface area contributed by atoms with Gasteiger partial charge in [-0.25, -0.2) is 0 Å². The first-order chi connectivity index (χ1) is 7.86. The lowest BCUT2D eigenvalue weighted by atomic mass is 10.3. The average molecular weight is 212 g/mol. The van der Waals surface area contributed by atoms with Gasteiger partial charge in [-0.1, -0.05) is 36.4 Å². The van der Waals surface area contributed by atoms with Crippen LogP contribution in [0.25, 0.3) is 0 Å². The normalized spacial score (nSPS) is 9.50. The first kappa shape index (κ1) is 10.2. The largest absolute Gasteiger partial charge is 0.301 e. The Bertz CT molecular complexity index is 511. The smallest absolute Gasteiger partial charge is 0.203 e. The minimum atomic E-state index is -0.0477. The number of anilines is 2. The second-order valence-electron chi connectivity index (χ2n) is 3.30. The van der Waals surface area contributed by atoms with E-state index in [9.17, 15) is 4.79 Å². The highest BCUT2D eigenvalue weighted by atomic mass is 16.1. The maximum Gasteiger partial charge on any atom is 0.203 e. The number of nitrogens with one attached hydrogen (secondary N) is 2. The van der Waals surface area contributed by atoms with Crippen molar-refractivity contribution in [2.24, 2.45) is 0 Å². The summed E-state index contributed by atoms with van der Waals surface area (Å²) in [7, 11) is 0. The molecule has 3 heteroatoms. The van der Waals surface area contributed by atoms with E-state index in [2.05, 4.69) is 10.9 Å². The number of benzene rings is 1. The highest BCUT2D eigenvalue weighted by Gasteiger charge is 1.94. The molecular weight excluding hydrogens is 200 g/mol. The first-order valence-corrected chi connectivity index (χ1v) is 5.03. The van der Waals surface area contributed by atoms with Gasteiger partial charge in [0.05, 0.1) is 5.69 Å². The van der Waals surface area contributed by atoms with Gasteiger partial charge < -0.3 is 5.43 Å². The molecule has 0 aliphatic heterocycles. The van der Waals surface area contributed by atoms with Crippen molar-refractivity contribution in [3.63, 3.8) is 0 Å². The van der Waals surface area contributed by atoms with Gasteiger partial charge in [0.25, 0.3) is 0 Å². The van der Waals surface area contributed by atoms with Gasteiger partial charge in [-0.2, -0.15) is 0 Å².